The Morgan fingerprint density at radius 2 is 1.93 bits per heavy atom. The Morgan fingerprint density at radius 1 is 1.21 bits per heavy atom. The number of aliphatic hydroxyl groups excluding tert-OH is 1. The van der Waals surface area contributed by atoms with Gasteiger partial charge in [0.05, 0.1) is 32.8 Å². The molecule has 1 saturated heterocycles. The van der Waals surface area contributed by atoms with Crippen LogP contribution in [0.4, 0.5) is 0 Å². The van der Waals surface area contributed by atoms with Crippen LogP contribution in [0.5, 0.6) is 0 Å². The fourth-order valence-corrected chi connectivity index (χ4v) is 5.96. The van der Waals surface area contributed by atoms with Crippen molar-refractivity contribution in [3.63, 3.8) is 0 Å². The van der Waals surface area contributed by atoms with E-state index < -0.39 is 28.5 Å². The van der Waals surface area contributed by atoms with E-state index in [9.17, 15) is 14.7 Å². The zero-order valence-electron chi connectivity index (χ0n) is 17.0. The smallest absolute Gasteiger partial charge is 0.319 e. The summed E-state index contributed by atoms with van der Waals surface area (Å²) in [4.78, 5) is 27.0. The van der Waals surface area contributed by atoms with Crippen molar-refractivity contribution in [2.45, 2.75) is 44.8 Å². The Morgan fingerprint density at radius 3 is 2.54 bits per heavy atom. The Hall–Kier alpha value is -1.06. The van der Waals surface area contributed by atoms with Gasteiger partial charge in [0.15, 0.2) is 11.6 Å². The summed E-state index contributed by atoms with van der Waals surface area (Å²) in [5, 5.41) is 9.47. The van der Waals surface area contributed by atoms with E-state index in [2.05, 4.69) is 6.92 Å². The molecule has 1 aliphatic heterocycles. The number of rotatable bonds is 9. The molecule has 1 spiro atoms. The fraction of sp³-hybridized carbons (Fsp3) is 0.900. The molecule has 1 N–H and O–H groups in total. The van der Waals surface area contributed by atoms with Crippen molar-refractivity contribution in [2.75, 3.05) is 47.4 Å². The normalized spacial score (nSPS) is 36.2. The lowest BCUT2D eigenvalue weighted by Gasteiger charge is -2.50. The second kappa shape index (κ2) is 8.36. The van der Waals surface area contributed by atoms with Crippen LogP contribution < -0.4 is 0 Å². The SMILES string of the molecule is COCOCC[C@]12C[C@H](C(=O)[C@]1(CCCO)C(=O)OC)C1(C[C@@H]2C)OCCO1. The molecule has 160 valence electrons. The van der Waals surface area contributed by atoms with Gasteiger partial charge in [-0.15, -0.1) is 0 Å². The number of methoxy groups -OCH3 is 2. The van der Waals surface area contributed by atoms with Gasteiger partial charge < -0.3 is 28.8 Å². The number of carbonyl (C=O) groups is 2. The summed E-state index contributed by atoms with van der Waals surface area (Å²) in [6.45, 7) is 3.36. The molecule has 2 bridgehead atoms. The van der Waals surface area contributed by atoms with Crippen LogP contribution in [-0.4, -0.2) is 70.1 Å². The minimum atomic E-state index is -1.33. The standard InChI is InChI=1S/C20H32O8/c1-14-11-20(27-9-10-28-20)15-12-18(14,6-8-26-13-24-2)19(16(15)22,5-4-7-21)17(23)25-3/h14-15,21H,4-13H2,1-3H3/t14-,15+,18+,19+/m0/s1. The molecular formula is C20H32O8. The van der Waals surface area contributed by atoms with Crippen molar-refractivity contribution in [3.8, 4) is 0 Å². The maximum atomic E-state index is 13.8. The van der Waals surface area contributed by atoms with Gasteiger partial charge in [-0.1, -0.05) is 6.92 Å². The van der Waals surface area contributed by atoms with Crippen molar-refractivity contribution in [1.29, 1.82) is 0 Å². The molecule has 3 rings (SSSR count). The summed E-state index contributed by atoms with van der Waals surface area (Å²) in [5.74, 6) is -2.21. The summed E-state index contributed by atoms with van der Waals surface area (Å²) >= 11 is 0. The molecule has 0 aromatic rings. The fourth-order valence-electron chi connectivity index (χ4n) is 5.96. The van der Waals surface area contributed by atoms with Crippen LogP contribution >= 0.6 is 0 Å². The van der Waals surface area contributed by atoms with Crippen molar-refractivity contribution in [3.05, 3.63) is 0 Å². The van der Waals surface area contributed by atoms with Crippen molar-refractivity contribution >= 4 is 11.8 Å². The molecule has 8 nitrogen and oxygen atoms in total. The highest BCUT2D eigenvalue weighted by Crippen LogP contribution is 2.69. The molecule has 3 aliphatic rings. The van der Waals surface area contributed by atoms with Gasteiger partial charge in [0.2, 0.25) is 0 Å². The van der Waals surface area contributed by atoms with Crippen LogP contribution in [0, 0.1) is 22.7 Å². The summed E-state index contributed by atoms with van der Waals surface area (Å²) in [6.07, 6.45) is 2.15. The number of Topliss-reactive ketones (excluding diaryl/α,β-unsaturated/α-hetero) is 1. The van der Waals surface area contributed by atoms with Gasteiger partial charge in [-0.3, -0.25) is 9.59 Å². The molecule has 8 heteroatoms. The van der Waals surface area contributed by atoms with Gasteiger partial charge in [-0.05, 0) is 37.0 Å². The molecule has 28 heavy (non-hydrogen) atoms. The Balaban J connectivity index is 2.05. The molecule has 3 fully saturated rings. The number of esters is 1. The highest BCUT2D eigenvalue weighted by molar-refractivity contribution is 6.08. The summed E-state index contributed by atoms with van der Waals surface area (Å²) < 4.78 is 27.6. The molecule has 2 saturated carbocycles. The van der Waals surface area contributed by atoms with E-state index in [4.69, 9.17) is 23.7 Å². The number of fused-ring (bicyclic) bond motifs is 3. The van der Waals surface area contributed by atoms with E-state index >= 15 is 0 Å². The minimum absolute atomic E-state index is 0.0303. The van der Waals surface area contributed by atoms with Gasteiger partial charge >= 0.3 is 5.97 Å². The van der Waals surface area contributed by atoms with Gasteiger partial charge in [-0.25, -0.2) is 0 Å². The van der Waals surface area contributed by atoms with Crippen LogP contribution in [0.2, 0.25) is 0 Å². The average molecular weight is 400 g/mol. The van der Waals surface area contributed by atoms with Gasteiger partial charge in [-0.2, -0.15) is 0 Å². The minimum Gasteiger partial charge on any atom is -0.468 e. The number of aliphatic hydroxyl groups is 1. The van der Waals surface area contributed by atoms with Crippen molar-refractivity contribution in [1.82, 2.24) is 0 Å². The first-order valence-corrected chi connectivity index (χ1v) is 10.0. The Labute approximate surface area is 165 Å². The molecule has 0 unspecified atom stereocenters. The van der Waals surface area contributed by atoms with Crippen LogP contribution in [0.15, 0.2) is 0 Å². The predicted molar refractivity (Wildman–Crippen MR) is 97.2 cm³/mol. The number of carbonyl (C=O) groups excluding carboxylic acids is 2. The number of ketones is 1. The zero-order chi connectivity index (χ0) is 20.4. The summed E-state index contributed by atoms with van der Waals surface area (Å²) in [6, 6.07) is 0. The largest absolute Gasteiger partial charge is 0.468 e. The second-order valence-electron chi connectivity index (χ2n) is 8.18. The van der Waals surface area contributed by atoms with Gasteiger partial charge in [0, 0.05) is 20.1 Å². The highest BCUT2D eigenvalue weighted by Gasteiger charge is 2.76. The predicted octanol–water partition coefficient (Wildman–Crippen LogP) is 1.29. The maximum absolute atomic E-state index is 13.8. The van der Waals surface area contributed by atoms with E-state index in [1.54, 1.807) is 7.11 Å². The zero-order valence-corrected chi connectivity index (χ0v) is 17.0. The summed E-state index contributed by atoms with van der Waals surface area (Å²) in [5.41, 5.74) is -1.96. The third kappa shape index (κ3) is 3.01. The number of hydrogen-bond donors (Lipinski definition) is 1. The van der Waals surface area contributed by atoms with Gasteiger partial charge in [0.25, 0.3) is 0 Å². The molecule has 0 radical (unpaired) electrons. The highest BCUT2D eigenvalue weighted by atomic mass is 16.7. The monoisotopic (exact) mass is 400 g/mol. The molecule has 0 amide bonds. The van der Waals surface area contributed by atoms with Crippen LogP contribution in [0.1, 0.15) is 39.0 Å². The lowest BCUT2D eigenvalue weighted by Crippen LogP contribution is -2.53. The number of ether oxygens (including phenoxy) is 5. The van der Waals surface area contributed by atoms with E-state index in [-0.39, 0.29) is 31.5 Å². The lowest BCUT2D eigenvalue weighted by atomic mass is 9.54. The van der Waals surface area contributed by atoms with E-state index in [0.717, 1.165) is 0 Å². The second-order valence-corrected chi connectivity index (χ2v) is 8.18. The summed E-state index contributed by atoms with van der Waals surface area (Å²) in [7, 11) is 2.87. The Kier molecular flexibility index (Phi) is 6.46. The molecule has 1 heterocycles. The van der Waals surface area contributed by atoms with E-state index in [1.165, 1.54) is 7.11 Å². The first kappa shape index (κ1) is 21.6. The molecular weight excluding hydrogens is 368 g/mol. The topological polar surface area (TPSA) is 101 Å². The first-order chi connectivity index (χ1) is 13.4. The molecule has 0 aromatic heterocycles. The third-order valence-corrected chi connectivity index (χ3v) is 7.13. The third-order valence-electron chi connectivity index (χ3n) is 7.13. The molecule has 4 atom stereocenters. The van der Waals surface area contributed by atoms with Crippen molar-refractivity contribution < 1.29 is 38.4 Å². The van der Waals surface area contributed by atoms with Gasteiger partial charge in [0.1, 0.15) is 12.2 Å². The lowest BCUT2D eigenvalue weighted by molar-refractivity contribution is -0.228. The van der Waals surface area contributed by atoms with E-state index in [1.807, 2.05) is 0 Å². The Bertz CT molecular complexity index is 587. The van der Waals surface area contributed by atoms with Crippen molar-refractivity contribution in [2.24, 2.45) is 22.7 Å². The average Bonchev–Trinajstić information content (AvgIpc) is 3.24. The quantitative estimate of drug-likeness (QED) is 0.267. The maximum Gasteiger partial charge on any atom is 0.319 e. The van der Waals surface area contributed by atoms with Crippen LogP contribution in [0.25, 0.3) is 0 Å². The van der Waals surface area contributed by atoms with E-state index in [0.29, 0.717) is 45.5 Å². The molecule has 2 aliphatic carbocycles. The first-order valence-electron chi connectivity index (χ1n) is 10.0. The molecule has 0 aromatic carbocycles. The van der Waals surface area contributed by atoms with Crippen LogP contribution in [0.3, 0.4) is 0 Å². The van der Waals surface area contributed by atoms with Crippen LogP contribution in [-0.2, 0) is 33.3 Å². The number of hydrogen-bond acceptors (Lipinski definition) is 8.